The van der Waals surface area contributed by atoms with Gasteiger partial charge in [-0.1, -0.05) is 0 Å². The van der Waals surface area contributed by atoms with Crippen LogP contribution < -0.4 is 16.0 Å². The van der Waals surface area contributed by atoms with Crippen molar-refractivity contribution in [2.24, 2.45) is 11.7 Å². The molecule has 1 aliphatic carbocycles. The SMILES string of the molecule is Cc1cc(Nc2cc(C(N)=O)nc(N(C)[C@@H]3CCC4CC[C@@H](C3)N(C(=O)OC(C)(C)C)C4)n2)n[nH]1. The van der Waals surface area contributed by atoms with Crippen LogP contribution in [0.2, 0.25) is 0 Å². The largest absolute Gasteiger partial charge is 0.444 e. The smallest absolute Gasteiger partial charge is 0.410 e. The summed E-state index contributed by atoms with van der Waals surface area (Å²) < 4.78 is 5.70. The number of hydrogen-bond donors (Lipinski definition) is 3. The number of nitrogens with one attached hydrogen (secondary N) is 2. The van der Waals surface area contributed by atoms with Crippen LogP contribution in [0.4, 0.5) is 22.4 Å². The van der Waals surface area contributed by atoms with E-state index in [0.717, 1.165) is 44.3 Å². The number of primary amides is 1. The Balaban J connectivity index is 1.56. The van der Waals surface area contributed by atoms with Crippen molar-refractivity contribution in [2.75, 3.05) is 23.8 Å². The highest BCUT2D eigenvalue weighted by Gasteiger charge is 2.39. The van der Waals surface area contributed by atoms with Gasteiger partial charge in [-0.3, -0.25) is 9.89 Å². The molecule has 3 aliphatic rings. The average molecular weight is 485 g/mol. The van der Waals surface area contributed by atoms with Gasteiger partial charge in [0.2, 0.25) is 5.95 Å². The van der Waals surface area contributed by atoms with Gasteiger partial charge >= 0.3 is 6.09 Å². The molecular weight excluding hydrogens is 448 g/mol. The second-order valence-electron chi connectivity index (χ2n) is 10.7. The minimum atomic E-state index is -0.629. The monoisotopic (exact) mass is 484 g/mol. The Labute approximate surface area is 205 Å². The number of amides is 2. The number of hydrogen-bond acceptors (Lipinski definition) is 8. The lowest BCUT2D eigenvalue weighted by atomic mass is 9.81. The number of aromatic amines is 1. The van der Waals surface area contributed by atoms with Crippen molar-refractivity contribution < 1.29 is 14.3 Å². The van der Waals surface area contributed by atoms with E-state index in [1.54, 1.807) is 0 Å². The number of anilines is 3. The molecule has 11 heteroatoms. The fourth-order valence-electron chi connectivity index (χ4n) is 4.90. The number of aromatic nitrogens is 4. The summed E-state index contributed by atoms with van der Waals surface area (Å²) in [5, 5.41) is 10.2. The van der Waals surface area contributed by atoms with E-state index in [1.807, 2.05) is 50.6 Å². The summed E-state index contributed by atoms with van der Waals surface area (Å²) in [6.45, 7) is 8.31. The Morgan fingerprint density at radius 1 is 1.17 bits per heavy atom. The first kappa shape index (κ1) is 24.7. The van der Waals surface area contributed by atoms with Gasteiger partial charge in [0.15, 0.2) is 5.82 Å². The molecule has 35 heavy (non-hydrogen) atoms. The van der Waals surface area contributed by atoms with E-state index in [1.165, 1.54) is 6.07 Å². The van der Waals surface area contributed by atoms with Crippen molar-refractivity contribution in [1.82, 2.24) is 25.1 Å². The van der Waals surface area contributed by atoms with E-state index in [9.17, 15) is 9.59 Å². The highest BCUT2D eigenvalue weighted by molar-refractivity contribution is 5.92. The molecule has 0 radical (unpaired) electrons. The topological polar surface area (TPSA) is 142 Å². The zero-order valence-corrected chi connectivity index (χ0v) is 21.2. The van der Waals surface area contributed by atoms with Gasteiger partial charge in [0, 0.05) is 43.5 Å². The lowest BCUT2D eigenvalue weighted by Gasteiger charge is -2.45. The van der Waals surface area contributed by atoms with Crippen LogP contribution in [0.5, 0.6) is 0 Å². The maximum Gasteiger partial charge on any atom is 0.410 e. The number of H-pyrrole nitrogens is 1. The van der Waals surface area contributed by atoms with Gasteiger partial charge < -0.3 is 25.6 Å². The summed E-state index contributed by atoms with van der Waals surface area (Å²) in [7, 11) is 1.93. The molecule has 4 heterocycles. The molecule has 1 saturated carbocycles. The van der Waals surface area contributed by atoms with Crippen molar-refractivity contribution in [3.05, 3.63) is 23.5 Å². The van der Waals surface area contributed by atoms with E-state index in [2.05, 4.69) is 25.5 Å². The van der Waals surface area contributed by atoms with E-state index in [0.29, 0.717) is 23.5 Å². The predicted octanol–water partition coefficient (Wildman–Crippen LogP) is 3.36. The number of nitrogens with zero attached hydrogens (tertiary/aromatic N) is 5. The van der Waals surface area contributed by atoms with Crippen LogP contribution >= 0.6 is 0 Å². The quantitative estimate of drug-likeness (QED) is 0.586. The molecule has 3 atom stereocenters. The van der Waals surface area contributed by atoms with Gasteiger partial charge in [-0.15, -0.1) is 0 Å². The number of rotatable bonds is 5. The summed E-state index contributed by atoms with van der Waals surface area (Å²) in [5.74, 6) is 1.23. The number of piperidine rings is 1. The number of fused-ring (bicyclic) bond motifs is 5. The van der Waals surface area contributed by atoms with Crippen LogP contribution in [0.15, 0.2) is 12.1 Å². The molecule has 1 unspecified atom stereocenters. The number of carbonyl (C=O) groups is 2. The van der Waals surface area contributed by atoms with Gasteiger partial charge in [-0.25, -0.2) is 9.78 Å². The van der Waals surface area contributed by atoms with E-state index < -0.39 is 11.5 Å². The maximum atomic E-state index is 13.0. The fourth-order valence-corrected chi connectivity index (χ4v) is 4.90. The number of nitrogens with two attached hydrogens (primary N) is 1. The lowest BCUT2D eigenvalue weighted by molar-refractivity contribution is -0.00374. The van der Waals surface area contributed by atoms with Crippen molar-refractivity contribution in [3.8, 4) is 0 Å². The molecular formula is C24H36N8O3. The molecule has 2 bridgehead atoms. The average Bonchev–Trinajstić information content (AvgIpc) is 3.16. The molecule has 0 spiro atoms. The van der Waals surface area contributed by atoms with E-state index in [-0.39, 0.29) is 23.9 Å². The van der Waals surface area contributed by atoms with E-state index >= 15 is 0 Å². The van der Waals surface area contributed by atoms with Crippen LogP contribution in [0.25, 0.3) is 0 Å². The maximum absolute atomic E-state index is 13.0. The van der Waals surface area contributed by atoms with E-state index in [4.69, 9.17) is 10.5 Å². The van der Waals surface area contributed by atoms with Gasteiger partial charge in [0.25, 0.3) is 5.91 Å². The normalized spacial score (nSPS) is 22.3. The first-order chi connectivity index (χ1) is 16.5. The van der Waals surface area contributed by atoms with Crippen molar-refractivity contribution in [3.63, 3.8) is 0 Å². The third kappa shape index (κ3) is 6.01. The molecule has 2 saturated heterocycles. The Kier molecular flexibility index (Phi) is 6.86. The standard InChI is InChI=1S/C24H36N8O3/c1-14-10-20(30-29-14)27-19-12-18(21(25)33)26-22(28-19)31(5)16-8-6-15-7-9-17(11-16)32(13-15)23(34)35-24(2,3)4/h10,12,15-17H,6-9,11,13H2,1-5H3,(H2,25,33)(H2,26,27,28,29,30)/t15?,16-,17+/m1/s1. The Morgan fingerprint density at radius 2 is 1.91 bits per heavy atom. The third-order valence-electron chi connectivity index (χ3n) is 6.68. The van der Waals surface area contributed by atoms with Crippen LogP contribution in [-0.2, 0) is 4.74 Å². The second kappa shape index (κ2) is 9.71. The summed E-state index contributed by atoms with van der Waals surface area (Å²) in [5.41, 5.74) is 6.06. The molecule has 2 aliphatic heterocycles. The molecule has 2 aromatic heterocycles. The molecule has 5 rings (SSSR count). The number of aryl methyl sites for hydroxylation is 1. The molecule has 2 aromatic rings. The first-order valence-corrected chi connectivity index (χ1v) is 12.2. The molecule has 0 aromatic carbocycles. The zero-order valence-electron chi connectivity index (χ0n) is 21.2. The van der Waals surface area contributed by atoms with Gasteiger partial charge in [0.05, 0.1) is 0 Å². The minimum absolute atomic E-state index is 0.0813. The van der Waals surface area contributed by atoms with Crippen LogP contribution in [-0.4, -0.2) is 68.3 Å². The number of ether oxygens (including phenoxy) is 1. The van der Waals surface area contributed by atoms with Crippen molar-refractivity contribution >= 4 is 29.6 Å². The molecule has 4 N–H and O–H groups in total. The molecule has 190 valence electrons. The number of carbonyl (C=O) groups excluding carboxylic acids is 2. The van der Waals surface area contributed by atoms with Crippen molar-refractivity contribution in [1.29, 1.82) is 0 Å². The van der Waals surface area contributed by atoms with Crippen LogP contribution in [0.3, 0.4) is 0 Å². The molecule has 3 fully saturated rings. The zero-order chi connectivity index (χ0) is 25.3. The van der Waals surface area contributed by atoms with Gasteiger partial charge in [-0.05, 0) is 65.7 Å². The summed E-state index contributed by atoms with van der Waals surface area (Å²) in [6.07, 6.45) is 4.53. The second-order valence-corrected chi connectivity index (χ2v) is 10.7. The predicted molar refractivity (Wildman–Crippen MR) is 133 cm³/mol. The van der Waals surface area contributed by atoms with Crippen LogP contribution in [0.1, 0.15) is 69.1 Å². The minimum Gasteiger partial charge on any atom is -0.444 e. The first-order valence-electron chi connectivity index (χ1n) is 12.2. The lowest BCUT2D eigenvalue weighted by Crippen LogP contribution is -2.53. The summed E-state index contributed by atoms with van der Waals surface area (Å²) in [6, 6.07) is 3.54. The Morgan fingerprint density at radius 3 is 2.57 bits per heavy atom. The molecule has 11 nitrogen and oxygen atoms in total. The summed E-state index contributed by atoms with van der Waals surface area (Å²) >= 11 is 0. The molecule has 2 amide bonds. The van der Waals surface area contributed by atoms with Gasteiger partial charge in [-0.2, -0.15) is 10.1 Å². The van der Waals surface area contributed by atoms with Gasteiger partial charge in [0.1, 0.15) is 17.1 Å². The summed E-state index contributed by atoms with van der Waals surface area (Å²) in [4.78, 5) is 38.0. The Bertz CT molecular complexity index is 1080. The fraction of sp³-hybridized carbons (Fsp3) is 0.625. The highest BCUT2D eigenvalue weighted by atomic mass is 16.6. The van der Waals surface area contributed by atoms with Crippen LogP contribution in [0, 0.1) is 12.8 Å². The van der Waals surface area contributed by atoms with Crippen molar-refractivity contribution in [2.45, 2.75) is 77.5 Å². The third-order valence-corrected chi connectivity index (χ3v) is 6.68. The Hall–Kier alpha value is -3.37. The highest BCUT2D eigenvalue weighted by Crippen LogP contribution is 2.35.